The molecule has 1 aliphatic rings. The molecule has 1 atom stereocenters. The van der Waals surface area contributed by atoms with E-state index in [1.807, 2.05) is 6.07 Å². The number of rotatable bonds is 6. The molecule has 0 bridgehead atoms. The van der Waals surface area contributed by atoms with Crippen LogP contribution in [0.1, 0.15) is 9.27 Å². The smallest absolute Gasteiger partial charge is 0.412 e. The third-order valence-electron chi connectivity index (χ3n) is 4.54. The summed E-state index contributed by atoms with van der Waals surface area (Å²) < 4.78 is 32.5. The first-order chi connectivity index (χ1) is 14.9. The van der Waals surface area contributed by atoms with E-state index >= 15 is 0 Å². The fourth-order valence-corrected chi connectivity index (χ4v) is 4.86. The highest BCUT2D eigenvalue weighted by Crippen LogP contribution is 2.26. The maximum Gasteiger partial charge on any atom is 0.412 e. The summed E-state index contributed by atoms with van der Waals surface area (Å²) in [6, 6.07) is 14.7. The molecule has 31 heavy (non-hydrogen) atoms. The van der Waals surface area contributed by atoms with Crippen LogP contribution < -0.4 is 14.9 Å². The molecule has 11 heteroatoms. The molecule has 1 fully saturated rings. The number of aromatic nitrogens is 1. The van der Waals surface area contributed by atoms with Crippen LogP contribution >= 0.6 is 11.3 Å². The Morgan fingerprint density at radius 1 is 1.16 bits per heavy atom. The molecule has 4 rings (SSSR count). The highest BCUT2D eigenvalue weighted by atomic mass is 32.2. The van der Waals surface area contributed by atoms with E-state index in [1.165, 1.54) is 34.6 Å². The number of anilines is 3. The van der Waals surface area contributed by atoms with Gasteiger partial charge in [0.25, 0.3) is 15.9 Å². The standard InChI is InChI=1S/C20H18N4O5S2.2H2/c25-18-17(29-20(26)22-14-4-2-1-3-5-14)10-12-24(18)15-6-8-16(9-7-15)31(27,28)23-19-21-11-13-30-19;;/h1-9,11,13,17H,10,12H2,(H,21,23)(H,22,26);2*1H. The minimum absolute atomic E-state index is 0. The number of nitrogens with zero attached hydrogens (tertiary/aromatic N) is 2. The van der Waals surface area contributed by atoms with Gasteiger partial charge in [0.05, 0.1) is 4.90 Å². The predicted molar refractivity (Wildman–Crippen MR) is 121 cm³/mol. The first-order valence-electron chi connectivity index (χ1n) is 9.29. The maximum atomic E-state index is 12.7. The van der Waals surface area contributed by atoms with Crippen LogP contribution in [-0.4, -0.2) is 38.1 Å². The van der Waals surface area contributed by atoms with Gasteiger partial charge in [0.15, 0.2) is 11.2 Å². The van der Waals surface area contributed by atoms with Gasteiger partial charge >= 0.3 is 6.09 Å². The third-order valence-corrected chi connectivity index (χ3v) is 6.71. The van der Waals surface area contributed by atoms with Crippen molar-refractivity contribution in [1.29, 1.82) is 0 Å². The first-order valence-corrected chi connectivity index (χ1v) is 11.6. The SMILES string of the molecule is O=C(Nc1ccccc1)OC1CCN(c2ccc(S(=O)(=O)Nc3nccs3)cc2)C1=O.[HH].[HH]. The summed E-state index contributed by atoms with van der Waals surface area (Å²) >= 11 is 1.17. The number of para-hydroxylation sites is 1. The average molecular weight is 463 g/mol. The van der Waals surface area contributed by atoms with Crippen LogP contribution in [0.5, 0.6) is 0 Å². The Balaban J connectivity index is 0.00000193. The lowest BCUT2D eigenvalue weighted by molar-refractivity contribution is -0.124. The van der Waals surface area contributed by atoms with Gasteiger partial charge in [-0.15, -0.1) is 11.3 Å². The molecule has 0 aliphatic carbocycles. The van der Waals surface area contributed by atoms with E-state index in [4.69, 9.17) is 4.74 Å². The molecule has 3 aromatic rings. The van der Waals surface area contributed by atoms with Crippen molar-refractivity contribution in [2.45, 2.75) is 17.4 Å². The second-order valence-electron chi connectivity index (χ2n) is 6.60. The predicted octanol–water partition coefficient (Wildman–Crippen LogP) is 3.79. The van der Waals surface area contributed by atoms with Gasteiger partial charge in [-0.2, -0.15) is 0 Å². The summed E-state index contributed by atoms with van der Waals surface area (Å²) in [6.45, 7) is 0.353. The number of ether oxygens (including phenoxy) is 1. The largest absolute Gasteiger partial charge is 0.436 e. The molecule has 1 unspecified atom stereocenters. The highest BCUT2D eigenvalue weighted by molar-refractivity contribution is 7.93. The number of carbonyl (C=O) groups is 2. The van der Waals surface area contributed by atoms with Crippen LogP contribution in [0.4, 0.5) is 21.3 Å². The molecule has 1 aliphatic heterocycles. The van der Waals surface area contributed by atoms with Gasteiger partial charge in [-0.05, 0) is 36.4 Å². The topological polar surface area (TPSA) is 118 Å². The zero-order valence-corrected chi connectivity index (χ0v) is 17.7. The zero-order chi connectivity index (χ0) is 21.8. The Morgan fingerprint density at radius 3 is 2.58 bits per heavy atom. The molecule has 164 valence electrons. The number of nitrogens with one attached hydrogen (secondary N) is 2. The first kappa shape index (κ1) is 20.8. The van der Waals surface area contributed by atoms with Gasteiger partial charge in [0.2, 0.25) is 0 Å². The van der Waals surface area contributed by atoms with Crippen molar-refractivity contribution in [2.24, 2.45) is 0 Å². The van der Waals surface area contributed by atoms with Crippen molar-refractivity contribution < 1.29 is 25.6 Å². The van der Waals surface area contributed by atoms with Crippen LogP contribution in [0.2, 0.25) is 0 Å². The Bertz CT molecular complexity index is 1180. The third kappa shape index (κ3) is 4.84. The molecular weight excluding hydrogens is 440 g/mol. The van der Waals surface area contributed by atoms with Gasteiger partial charge < -0.3 is 9.64 Å². The monoisotopic (exact) mass is 462 g/mol. The summed E-state index contributed by atoms with van der Waals surface area (Å²) in [6.07, 6.45) is 0.232. The second kappa shape index (κ2) is 8.74. The van der Waals surface area contributed by atoms with Crippen molar-refractivity contribution in [1.82, 2.24) is 4.98 Å². The summed E-state index contributed by atoms with van der Waals surface area (Å²) in [4.78, 5) is 30.1. The van der Waals surface area contributed by atoms with Crippen molar-refractivity contribution in [3.8, 4) is 0 Å². The molecule has 2 N–H and O–H groups in total. The van der Waals surface area contributed by atoms with Gasteiger partial charge in [-0.1, -0.05) is 18.2 Å². The van der Waals surface area contributed by atoms with Crippen LogP contribution in [0.25, 0.3) is 0 Å². The summed E-state index contributed by atoms with van der Waals surface area (Å²) in [5.41, 5.74) is 1.09. The van der Waals surface area contributed by atoms with E-state index in [9.17, 15) is 18.0 Å². The highest BCUT2D eigenvalue weighted by Gasteiger charge is 2.35. The molecule has 0 radical (unpaired) electrons. The van der Waals surface area contributed by atoms with Crippen LogP contribution in [0.3, 0.4) is 0 Å². The molecule has 0 spiro atoms. The van der Waals surface area contributed by atoms with E-state index in [0.29, 0.717) is 24.3 Å². The van der Waals surface area contributed by atoms with Gasteiger partial charge in [0.1, 0.15) is 0 Å². The minimum atomic E-state index is -3.78. The molecule has 9 nitrogen and oxygen atoms in total. The Morgan fingerprint density at radius 2 is 1.90 bits per heavy atom. The molecule has 1 saturated heterocycles. The fourth-order valence-electron chi connectivity index (χ4n) is 3.07. The van der Waals surface area contributed by atoms with E-state index in [-0.39, 0.29) is 18.8 Å². The molecule has 2 aromatic carbocycles. The van der Waals surface area contributed by atoms with Gasteiger partial charge in [-0.3, -0.25) is 14.8 Å². The van der Waals surface area contributed by atoms with E-state index in [0.717, 1.165) is 0 Å². The van der Waals surface area contributed by atoms with Crippen LogP contribution in [-0.2, 0) is 19.6 Å². The lowest BCUT2D eigenvalue weighted by atomic mass is 10.3. The van der Waals surface area contributed by atoms with E-state index < -0.39 is 22.2 Å². The zero-order valence-electron chi connectivity index (χ0n) is 16.1. The van der Waals surface area contributed by atoms with Gasteiger partial charge in [-0.25, -0.2) is 18.2 Å². The lowest BCUT2D eigenvalue weighted by Gasteiger charge is -2.17. The maximum absolute atomic E-state index is 12.7. The fraction of sp³-hybridized carbons (Fsp3) is 0.150. The van der Waals surface area contributed by atoms with E-state index in [2.05, 4.69) is 15.0 Å². The van der Waals surface area contributed by atoms with E-state index in [1.54, 1.807) is 41.8 Å². The second-order valence-corrected chi connectivity index (χ2v) is 9.18. The molecule has 2 amide bonds. The van der Waals surface area contributed by atoms with Crippen molar-refractivity contribution >= 4 is 49.9 Å². The number of amides is 2. The number of hydrogen-bond donors (Lipinski definition) is 2. The summed E-state index contributed by atoms with van der Waals surface area (Å²) in [5, 5.41) is 4.51. The van der Waals surface area contributed by atoms with Crippen LogP contribution in [0.15, 0.2) is 71.1 Å². The van der Waals surface area contributed by atoms with Crippen molar-refractivity contribution in [3.63, 3.8) is 0 Å². The normalized spacial score (nSPS) is 16.2. The Labute approximate surface area is 185 Å². The van der Waals surface area contributed by atoms with Crippen molar-refractivity contribution in [3.05, 3.63) is 66.2 Å². The number of carbonyl (C=O) groups excluding carboxylic acids is 2. The quantitative estimate of drug-likeness (QED) is 0.575. The Kier molecular flexibility index (Phi) is 5.87. The summed E-state index contributed by atoms with van der Waals surface area (Å²) in [5.74, 6) is -0.361. The minimum Gasteiger partial charge on any atom is -0.436 e. The molecule has 1 aromatic heterocycles. The molecular formula is C20H22N4O5S2. The molecule has 2 heterocycles. The lowest BCUT2D eigenvalue weighted by Crippen LogP contribution is -2.33. The number of hydrogen-bond acceptors (Lipinski definition) is 7. The number of sulfonamides is 1. The number of benzene rings is 2. The van der Waals surface area contributed by atoms with Crippen molar-refractivity contribution in [2.75, 3.05) is 21.5 Å². The van der Waals surface area contributed by atoms with Crippen LogP contribution in [0, 0.1) is 0 Å². The van der Waals surface area contributed by atoms with Gasteiger partial charge in [0, 0.05) is 38.8 Å². The Hall–Kier alpha value is -3.44. The number of thiazole rings is 1. The summed E-state index contributed by atoms with van der Waals surface area (Å²) in [7, 11) is -3.78. The average Bonchev–Trinajstić information content (AvgIpc) is 3.38. The molecule has 0 saturated carbocycles.